The van der Waals surface area contributed by atoms with Crippen LogP contribution in [0.3, 0.4) is 0 Å². The molecular formula is C22H17N5O3S2. The maximum Gasteiger partial charge on any atom is 0.267 e. The smallest absolute Gasteiger partial charge is 0.267 e. The Labute approximate surface area is 191 Å². The van der Waals surface area contributed by atoms with Gasteiger partial charge in [-0.25, -0.2) is 10.5 Å². The van der Waals surface area contributed by atoms with E-state index in [9.17, 15) is 9.59 Å². The molecule has 0 bridgehead atoms. The van der Waals surface area contributed by atoms with Crippen molar-refractivity contribution in [3.63, 3.8) is 0 Å². The van der Waals surface area contributed by atoms with Crippen molar-refractivity contribution >= 4 is 57.1 Å². The summed E-state index contributed by atoms with van der Waals surface area (Å²) in [5.74, 6) is -0.895. The maximum absolute atomic E-state index is 12.6. The van der Waals surface area contributed by atoms with Gasteiger partial charge in [0.15, 0.2) is 5.13 Å². The summed E-state index contributed by atoms with van der Waals surface area (Å²) in [6, 6.07) is 14.6. The van der Waals surface area contributed by atoms with Gasteiger partial charge in [-0.1, -0.05) is 6.07 Å². The lowest BCUT2D eigenvalue weighted by atomic mass is 10.2. The minimum atomic E-state index is -0.637. The lowest BCUT2D eigenvalue weighted by Gasteiger charge is -2.07. The van der Waals surface area contributed by atoms with E-state index in [-0.39, 0.29) is 5.91 Å². The van der Waals surface area contributed by atoms with Crippen molar-refractivity contribution in [3.8, 4) is 11.3 Å². The third-order valence-electron chi connectivity index (χ3n) is 4.19. The van der Waals surface area contributed by atoms with Crippen LogP contribution in [0, 0.1) is 0 Å². The van der Waals surface area contributed by atoms with Gasteiger partial charge in [-0.15, -0.1) is 22.7 Å². The van der Waals surface area contributed by atoms with Crippen molar-refractivity contribution in [2.75, 3.05) is 10.6 Å². The largest absolute Gasteiger partial charge is 0.331 e. The fraction of sp³-hybridized carbons (Fsp3) is 0. The van der Waals surface area contributed by atoms with Gasteiger partial charge in [-0.3, -0.25) is 19.8 Å². The Balaban J connectivity index is 1.41. The van der Waals surface area contributed by atoms with Gasteiger partial charge in [0.1, 0.15) is 0 Å². The zero-order valence-electron chi connectivity index (χ0n) is 16.5. The van der Waals surface area contributed by atoms with Crippen LogP contribution in [-0.4, -0.2) is 27.0 Å². The normalized spacial score (nSPS) is 10.8. The summed E-state index contributed by atoms with van der Waals surface area (Å²) < 4.78 is 0. The first-order valence-corrected chi connectivity index (χ1v) is 11.1. The molecular weight excluding hydrogens is 446 g/mol. The highest BCUT2D eigenvalue weighted by molar-refractivity contribution is 7.15. The summed E-state index contributed by atoms with van der Waals surface area (Å²) >= 11 is 2.71. The van der Waals surface area contributed by atoms with Crippen molar-refractivity contribution < 1.29 is 14.8 Å². The van der Waals surface area contributed by atoms with Gasteiger partial charge in [0, 0.05) is 45.7 Å². The number of pyridine rings is 1. The molecule has 4 aromatic rings. The quantitative estimate of drug-likeness (QED) is 0.178. The van der Waals surface area contributed by atoms with Crippen LogP contribution in [0.5, 0.6) is 0 Å². The van der Waals surface area contributed by atoms with E-state index in [4.69, 9.17) is 5.21 Å². The highest BCUT2D eigenvalue weighted by atomic mass is 32.1. The molecule has 0 aliphatic carbocycles. The van der Waals surface area contributed by atoms with Crippen molar-refractivity contribution in [1.82, 2.24) is 15.4 Å². The molecule has 2 amide bonds. The molecule has 0 fully saturated rings. The van der Waals surface area contributed by atoms with Gasteiger partial charge >= 0.3 is 0 Å². The zero-order chi connectivity index (χ0) is 22.3. The number of hydrogen-bond donors (Lipinski definition) is 4. The van der Waals surface area contributed by atoms with E-state index in [2.05, 4.69) is 20.6 Å². The van der Waals surface area contributed by atoms with E-state index in [0.29, 0.717) is 15.4 Å². The Hall–Kier alpha value is -3.86. The average Bonchev–Trinajstić information content (AvgIpc) is 3.48. The first-order valence-electron chi connectivity index (χ1n) is 9.37. The third-order valence-corrected chi connectivity index (χ3v) is 6.00. The van der Waals surface area contributed by atoms with Crippen LogP contribution < -0.4 is 16.1 Å². The Kier molecular flexibility index (Phi) is 6.66. The topological polar surface area (TPSA) is 116 Å². The molecule has 0 aliphatic rings. The first-order chi connectivity index (χ1) is 15.6. The number of thiazole rings is 1. The molecule has 0 aliphatic heterocycles. The number of anilines is 3. The number of nitrogens with zero attached hydrogens (tertiary/aromatic N) is 2. The fourth-order valence-corrected chi connectivity index (χ4v) is 4.27. The van der Waals surface area contributed by atoms with E-state index in [0.717, 1.165) is 22.1 Å². The van der Waals surface area contributed by atoms with Gasteiger partial charge in [0.05, 0.1) is 10.6 Å². The van der Waals surface area contributed by atoms with Crippen LogP contribution in [-0.2, 0) is 4.79 Å². The summed E-state index contributed by atoms with van der Waals surface area (Å²) in [5.41, 5.74) is 4.73. The summed E-state index contributed by atoms with van der Waals surface area (Å²) in [7, 11) is 0. The number of rotatable bonds is 7. The molecule has 0 saturated heterocycles. The number of benzene rings is 1. The van der Waals surface area contributed by atoms with Gasteiger partial charge in [-0.05, 0) is 48.5 Å². The van der Waals surface area contributed by atoms with Crippen molar-refractivity contribution in [1.29, 1.82) is 0 Å². The second-order valence-corrected chi connectivity index (χ2v) is 8.42. The minimum absolute atomic E-state index is 0.258. The summed E-state index contributed by atoms with van der Waals surface area (Å²) in [4.78, 5) is 33.5. The Morgan fingerprint density at radius 2 is 1.94 bits per heavy atom. The average molecular weight is 464 g/mol. The second kappa shape index (κ2) is 9.96. The SMILES string of the molecule is O=C(C=Cc1ccc(C(=O)Nc2cccc(Nc3nc(-c4cccnc4)cs3)c2)s1)NO. The fourth-order valence-electron chi connectivity index (χ4n) is 2.73. The maximum atomic E-state index is 12.6. The molecule has 8 nitrogen and oxygen atoms in total. The zero-order valence-corrected chi connectivity index (χ0v) is 18.1. The summed E-state index contributed by atoms with van der Waals surface area (Å²) in [5, 5.41) is 17.3. The first kappa shape index (κ1) is 21.4. The van der Waals surface area contributed by atoms with Crippen LogP contribution in [0.1, 0.15) is 14.5 Å². The molecule has 0 saturated carbocycles. The Morgan fingerprint density at radius 1 is 1.06 bits per heavy atom. The number of carbonyl (C=O) groups excluding carboxylic acids is 2. The molecule has 1 aromatic carbocycles. The van der Waals surface area contributed by atoms with Crippen molar-refractivity contribution in [3.05, 3.63) is 82.1 Å². The lowest BCUT2D eigenvalue weighted by Crippen LogP contribution is -2.14. The molecule has 32 heavy (non-hydrogen) atoms. The molecule has 160 valence electrons. The third kappa shape index (κ3) is 5.43. The molecule has 3 heterocycles. The van der Waals surface area contributed by atoms with Crippen molar-refractivity contribution in [2.24, 2.45) is 0 Å². The molecule has 4 N–H and O–H groups in total. The predicted molar refractivity (Wildman–Crippen MR) is 126 cm³/mol. The molecule has 0 radical (unpaired) electrons. The molecule has 0 unspecified atom stereocenters. The number of nitrogens with one attached hydrogen (secondary N) is 3. The van der Waals surface area contributed by atoms with Crippen LogP contribution in [0.25, 0.3) is 17.3 Å². The van der Waals surface area contributed by atoms with Gasteiger partial charge in [-0.2, -0.15) is 0 Å². The summed E-state index contributed by atoms with van der Waals surface area (Å²) in [6.45, 7) is 0. The second-order valence-electron chi connectivity index (χ2n) is 6.45. The molecule has 3 aromatic heterocycles. The van der Waals surface area contributed by atoms with Crippen molar-refractivity contribution in [2.45, 2.75) is 0 Å². The Bertz CT molecular complexity index is 1270. The van der Waals surface area contributed by atoms with Crippen LogP contribution in [0.15, 0.2) is 72.4 Å². The summed E-state index contributed by atoms with van der Waals surface area (Å²) in [6.07, 6.45) is 6.19. The van der Waals surface area contributed by atoms with Gasteiger partial charge in [0.2, 0.25) is 0 Å². The Morgan fingerprint density at radius 3 is 2.75 bits per heavy atom. The van der Waals surface area contributed by atoms with E-state index in [1.165, 1.54) is 40.3 Å². The van der Waals surface area contributed by atoms with E-state index in [1.807, 2.05) is 35.7 Å². The van der Waals surface area contributed by atoms with E-state index in [1.54, 1.807) is 30.6 Å². The number of hydrogen-bond acceptors (Lipinski definition) is 8. The monoisotopic (exact) mass is 463 g/mol. The minimum Gasteiger partial charge on any atom is -0.331 e. The van der Waals surface area contributed by atoms with Crippen LogP contribution in [0.2, 0.25) is 0 Å². The predicted octanol–water partition coefficient (Wildman–Crippen LogP) is 4.78. The number of thiophene rings is 1. The molecule has 10 heteroatoms. The van der Waals surface area contributed by atoms with E-state index >= 15 is 0 Å². The number of amides is 2. The number of carbonyl (C=O) groups is 2. The van der Waals surface area contributed by atoms with Crippen LogP contribution >= 0.6 is 22.7 Å². The highest BCUT2D eigenvalue weighted by Gasteiger charge is 2.10. The van der Waals surface area contributed by atoms with E-state index < -0.39 is 5.91 Å². The van der Waals surface area contributed by atoms with Gasteiger partial charge in [0.25, 0.3) is 11.8 Å². The van der Waals surface area contributed by atoms with Crippen LogP contribution in [0.4, 0.5) is 16.5 Å². The molecule has 0 spiro atoms. The highest BCUT2D eigenvalue weighted by Crippen LogP contribution is 2.28. The molecule has 4 rings (SSSR count). The number of hydroxylamine groups is 1. The standard InChI is InChI=1S/C22H17N5O3S2/c28-20(27-30)9-7-17-6-8-19(32-17)21(29)24-15-4-1-5-16(11-15)25-22-26-18(13-31-22)14-3-2-10-23-12-14/h1-13,30H,(H,24,29)(H,25,26)(H,27,28). The lowest BCUT2D eigenvalue weighted by molar-refractivity contribution is -0.124. The number of aromatic nitrogens is 2. The molecule has 0 atom stereocenters. The van der Waals surface area contributed by atoms with Gasteiger partial charge < -0.3 is 10.6 Å².